The summed E-state index contributed by atoms with van der Waals surface area (Å²) in [5, 5.41) is 5.01. The molecule has 0 aliphatic carbocycles. The monoisotopic (exact) mass is 175 g/mol. The maximum Gasteiger partial charge on any atom is 0.243 e. The molecule has 2 bridgehead atoms. The number of rotatable bonds is 1. The van der Waals surface area contributed by atoms with Gasteiger partial charge in [-0.15, -0.1) is 0 Å². The lowest BCUT2D eigenvalue weighted by Gasteiger charge is -2.18. The molecular weight excluding hydrogens is 166 g/mol. The SMILES string of the molecule is NS(=O)(=O)C12C=CC(CC1)O2. The largest absolute Gasteiger partial charge is 0.347 e. The molecule has 0 amide bonds. The number of nitrogens with two attached hydrogens (primary N) is 1. The minimum absolute atomic E-state index is 0.0340. The zero-order valence-electron chi connectivity index (χ0n) is 5.86. The zero-order chi connectivity index (χ0) is 8.11. The van der Waals surface area contributed by atoms with E-state index in [2.05, 4.69) is 0 Å². The number of primary sulfonamides is 1. The first-order chi connectivity index (χ1) is 5.04. The van der Waals surface area contributed by atoms with Gasteiger partial charge >= 0.3 is 0 Å². The topological polar surface area (TPSA) is 69.4 Å². The zero-order valence-corrected chi connectivity index (χ0v) is 6.67. The highest BCUT2D eigenvalue weighted by Crippen LogP contribution is 2.40. The molecule has 2 aliphatic rings. The fourth-order valence-corrected chi connectivity index (χ4v) is 2.46. The summed E-state index contributed by atoms with van der Waals surface area (Å²) in [5.74, 6) is 0. The molecule has 62 valence electrons. The second-order valence-corrected chi connectivity index (χ2v) is 4.69. The summed E-state index contributed by atoms with van der Waals surface area (Å²) < 4.78 is 27.2. The molecule has 5 heteroatoms. The minimum Gasteiger partial charge on any atom is -0.347 e. The van der Waals surface area contributed by atoms with Crippen molar-refractivity contribution in [2.75, 3.05) is 0 Å². The van der Waals surface area contributed by atoms with E-state index in [1.165, 1.54) is 0 Å². The first-order valence-corrected chi connectivity index (χ1v) is 4.98. The van der Waals surface area contributed by atoms with Crippen LogP contribution >= 0.6 is 0 Å². The Bertz CT molecular complexity index is 308. The van der Waals surface area contributed by atoms with Gasteiger partial charge in [-0.25, -0.2) is 13.6 Å². The Morgan fingerprint density at radius 2 is 2.36 bits per heavy atom. The van der Waals surface area contributed by atoms with Crippen LogP contribution in [0.1, 0.15) is 12.8 Å². The van der Waals surface area contributed by atoms with Crippen molar-refractivity contribution < 1.29 is 13.2 Å². The van der Waals surface area contributed by atoms with Crippen molar-refractivity contribution in [1.82, 2.24) is 0 Å². The lowest BCUT2D eigenvalue weighted by molar-refractivity contribution is 0.0897. The van der Waals surface area contributed by atoms with Gasteiger partial charge in [0.15, 0.2) is 0 Å². The minimum atomic E-state index is -3.58. The summed E-state index contributed by atoms with van der Waals surface area (Å²) in [5.41, 5.74) is 0. The van der Waals surface area contributed by atoms with E-state index in [-0.39, 0.29) is 6.10 Å². The summed E-state index contributed by atoms with van der Waals surface area (Å²) >= 11 is 0. The lowest BCUT2D eigenvalue weighted by atomic mass is 10.1. The normalized spacial score (nSPS) is 41.7. The van der Waals surface area contributed by atoms with Gasteiger partial charge in [-0.1, -0.05) is 6.08 Å². The van der Waals surface area contributed by atoms with Crippen molar-refractivity contribution in [3.8, 4) is 0 Å². The van der Waals surface area contributed by atoms with E-state index >= 15 is 0 Å². The molecule has 4 nitrogen and oxygen atoms in total. The van der Waals surface area contributed by atoms with E-state index in [9.17, 15) is 8.42 Å². The van der Waals surface area contributed by atoms with E-state index in [1.807, 2.05) is 0 Å². The van der Waals surface area contributed by atoms with Crippen molar-refractivity contribution >= 4 is 10.0 Å². The molecule has 0 radical (unpaired) electrons. The van der Waals surface area contributed by atoms with Crippen LogP contribution in [0.25, 0.3) is 0 Å². The van der Waals surface area contributed by atoms with Gasteiger partial charge in [0.1, 0.15) is 0 Å². The first kappa shape index (κ1) is 7.27. The maximum atomic E-state index is 11.0. The molecule has 1 saturated heterocycles. The average Bonchev–Trinajstić information content (AvgIpc) is 2.42. The van der Waals surface area contributed by atoms with Crippen LogP contribution in [0.3, 0.4) is 0 Å². The maximum absolute atomic E-state index is 11.0. The fourth-order valence-electron chi connectivity index (χ4n) is 1.53. The molecule has 0 aromatic carbocycles. The number of hydrogen-bond donors (Lipinski definition) is 1. The summed E-state index contributed by atoms with van der Waals surface area (Å²) in [7, 11) is -3.58. The van der Waals surface area contributed by atoms with Crippen molar-refractivity contribution in [3.05, 3.63) is 12.2 Å². The number of ether oxygens (including phenoxy) is 1. The number of fused-ring (bicyclic) bond motifs is 2. The second kappa shape index (κ2) is 1.85. The summed E-state index contributed by atoms with van der Waals surface area (Å²) in [6.07, 6.45) is 4.53. The molecule has 2 N–H and O–H groups in total. The van der Waals surface area contributed by atoms with Crippen molar-refractivity contribution in [2.45, 2.75) is 23.9 Å². The standard InChI is InChI=1S/C6H9NO3S/c7-11(8,9)6-3-1-5(10-6)2-4-6/h1,3,5H,2,4H2,(H2,7,8,9). The molecule has 11 heavy (non-hydrogen) atoms. The molecular formula is C6H9NO3S. The Labute approximate surface area is 65.1 Å². The van der Waals surface area contributed by atoms with E-state index in [4.69, 9.17) is 9.88 Å². The Kier molecular flexibility index (Phi) is 1.22. The Morgan fingerprint density at radius 1 is 1.64 bits per heavy atom. The average molecular weight is 175 g/mol. The molecule has 2 aliphatic heterocycles. The number of hydrogen-bond acceptors (Lipinski definition) is 3. The third-order valence-corrected chi connectivity index (χ3v) is 3.57. The molecule has 2 unspecified atom stereocenters. The molecule has 0 saturated carbocycles. The predicted molar refractivity (Wildman–Crippen MR) is 39.1 cm³/mol. The van der Waals surface area contributed by atoms with Gasteiger partial charge in [-0.2, -0.15) is 0 Å². The predicted octanol–water partition coefficient (Wildman–Crippen LogP) is -0.280. The summed E-state index contributed by atoms with van der Waals surface area (Å²) in [6.45, 7) is 0. The smallest absolute Gasteiger partial charge is 0.243 e. The molecule has 2 rings (SSSR count). The molecule has 0 spiro atoms. The van der Waals surface area contributed by atoms with Crippen LogP contribution in [0.2, 0.25) is 0 Å². The second-order valence-electron chi connectivity index (χ2n) is 2.91. The van der Waals surface area contributed by atoms with Gasteiger partial charge in [0.05, 0.1) is 6.10 Å². The number of sulfonamides is 1. The molecule has 1 fully saturated rings. The molecule has 0 aromatic rings. The van der Waals surface area contributed by atoms with E-state index in [0.717, 1.165) is 6.42 Å². The molecule has 0 aromatic heterocycles. The fraction of sp³-hybridized carbons (Fsp3) is 0.667. The lowest BCUT2D eigenvalue weighted by Crippen LogP contribution is -2.39. The van der Waals surface area contributed by atoms with Crippen LogP contribution in [-0.2, 0) is 14.8 Å². The summed E-state index contributed by atoms with van der Waals surface area (Å²) in [4.78, 5) is -1.18. The van der Waals surface area contributed by atoms with Gasteiger partial charge < -0.3 is 4.74 Å². The van der Waals surface area contributed by atoms with Crippen LogP contribution in [0.4, 0.5) is 0 Å². The van der Waals surface area contributed by atoms with Crippen LogP contribution in [0, 0.1) is 0 Å². The van der Waals surface area contributed by atoms with E-state index in [1.54, 1.807) is 12.2 Å². The highest BCUT2D eigenvalue weighted by molar-refractivity contribution is 7.90. The van der Waals surface area contributed by atoms with E-state index in [0.29, 0.717) is 6.42 Å². The first-order valence-electron chi connectivity index (χ1n) is 3.43. The van der Waals surface area contributed by atoms with E-state index < -0.39 is 15.0 Å². The van der Waals surface area contributed by atoms with Gasteiger partial charge in [-0.05, 0) is 18.9 Å². The highest BCUT2D eigenvalue weighted by Gasteiger charge is 2.50. The van der Waals surface area contributed by atoms with Crippen molar-refractivity contribution in [2.24, 2.45) is 5.14 Å². The van der Waals surface area contributed by atoms with Crippen molar-refractivity contribution in [3.63, 3.8) is 0 Å². The van der Waals surface area contributed by atoms with Crippen LogP contribution in [0.5, 0.6) is 0 Å². The van der Waals surface area contributed by atoms with Crippen LogP contribution < -0.4 is 5.14 Å². The molecule has 2 heterocycles. The summed E-state index contributed by atoms with van der Waals surface area (Å²) in [6, 6.07) is 0. The Balaban J connectivity index is 2.46. The third kappa shape index (κ3) is 0.849. The van der Waals surface area contributed by atoms with Crippen LogP contribution in [0.15, 0.2) is 12.2 Å². The quantitative estimate of drug-likeness (QED) is 0.557. The van der Waals surface area contributed by atoms with Gasteiger partial charge in [-0.3, -0.25) is 0 Å². The Hall–Kier alpha value is -0.390. The van der Waals surface area contributed by atoms with Crippen molar-refractivity contribution in [1.29, 1.82) is 0 Å². The third-order valence-electron chi connectivity index (χ3n) is 2.17. The Morgan fingerprint density at radius 3 is 2.55 bits per heavy atom. The highest BCUT2D eigenvalue weighted by atomic mass is 32.2. The molecule has 2 atom stereocenters. The van der Waals surface area contributed by atoms with Gasteiger partial charge in [0.25, 0.3) is 0 Å². The van der Waals surface area contributed by atoms with Gasteiger partial charge in [0.2, 0.25) is 15.0 Å². The van der Waals surface area contributed by atoms with Crippen LogP contribution in [-0.4, -0.2) is 19.5 Å². The van der Waals surface area contributed by atoms with Gasteiger partial charge in [0, 0.05) is 0 Å².